The highest BCUT2D eigenvalue weighted by molar-refractivity contribution is 4.83. The maximum Gasteiger partial charge on any atom is 0.272 e. The molecule has 1 aliphatic rings. The van der Waals surface area contributed by atoms with Crippen molar-refractivity contribution in [2.45, 2.75) is 289 Å². The van der Waals surface area contributed by atoms with Gasteiger partial charge in [-0.05, 0) is 25.7 Å². The molecule has 11 heteroatoms. The van der Waals surface area contributed by atoms with Crippen LogP contribution in [0.25, 0.3) is 0 Å². The zero-order valence-corrected chi connectivity index (χ0v) is 46.9. The minimum absolute atomic E-state index is 0.173. The number of nitrogens with zero attached hydrogens (tertiary/aromatic N) is 4. The third-order valence-electron chi connectivity index (χ3n) is 14.9. The van der Waals surface area contributed by atoms with E-state index in [0.717, 1.165) is 83.6 Å². The average Bonchev–Trinajstić information content (AvgIpc) is 3.32. The summed E-state index contributed by atoms with van der Waals surface area (Å²) in [7, 11) is 0. The van der Waals surface area contributed by atoms with Gasteiger partial charge in [-0.15, -0.1) is 0 Å². The van der Waals surface area contributed by atoms with Gasteiger partial charge < -0.3 is 25.2 Å². The molecule has 0 spiro atoms. The van der Waals surface area contributed by atoms with E-state index in [1.165, 1.54) is 141 Å². The predicted molar refractivity (Wildman–Crippen MR) is 294 cm³/mol. The van der Waals surface area contributed by atoms with Crippen LogP contribution >= 0.6 is 0 Å². The molecule has 1 heterocycles. The number of ether oxygens (including phenoxy) is 1. The van der Waals surface area contributed by atoms with Crippen LogP contribution in [0.4, 0.5) is 8.78 Å². The summed E-state index contributed by atoms with van der Waals surface area (Å²) in [6.07, 6.45) is 39.4. The first-order chi connectivity index (χ1) is 34.0. The first-order valence-electron chi connectivity index (χ1n) is 30.6. The van der Waals surface area contributed by atoms with E-state index in [1.807, 2.05) is 4.90 Å². The molecule has 4 unspecified atom stereocenters. The lowest BCUT2D eigenvalue weighted by atomic mass is 10.0. The van der Waals surface area contributed by atoms with Gasteiger partial charge in [0.2, 0.25) is 0 Å². The molecule has 0 bridgehead atoms. The van der Waals surface area contributed by atoms with Gasteiger partial charge in [0.25, 0.3) is 5.92 Å². The first kappa shape index (κ1) is 67.5. The van der Waals surface area contributed by atoms with E-state index < -0.39 is 36.9 Å². The molecule has 4 atom stereocenters. The highest BCUT2D eigenvalue weighted by Gasteiger charge is 2.36. The molecule has 0 aromatic carbocycles. The van der Waals surface area contributed by atoms with Crippen molar-refractivity contribution in [1.82, 2.24) is 19.6 Å². The molecule has 0 aromatic heterocycles. The van der Waals surface area contributed by atoms with Gasteiger partial charge in [0.1, 0.15) is 0 Å². The summed E-state index contributed by atoms with van der Waals surface area (Å²) in [6, 6.07) is 0. The van der Waals surface area contributed by atoms with Gasteiger partial charge in [-0.1, -0.05) is 233 Å². The Morgan fingerprint density at radius 3 is 1.01 bits per heavy atom. The number of hydrogen-bond acceptors (Lipinski definition) is 9. The van der Waals surface area contributed by atoms with Crippen molar-refractivity contribution < 1.29 is 33.9 Å². The van der Waals surface area contributed by atoms with Crippen LogP contribution in [0.15, 0.2) is 0 Å². The molecule has 0 amide bonds. The monoisotopic (exact) mass is 1000 g/mol. The van der Waals surface area contributed by atoms with E-state index >= 15 is 8.78 Å². The summed E-state index contributed by atoms with van der Waals surface area (Å²) in [5.74, 6) is -2.96. The second-order valence-electron chi connectivity index (χ2n) is 22.2. The highest BCUT2D eigenvalue weighted by atomic mass is 19.3. The lowest BCUT2D eigenvalue weighted by molar-refractivity contribution is -0.0763. The Hall–Kier alpha value is -0.500. The van der Waals surface area contributed by atoms with Crippen molar-refractivity contribution in [3.05, 3.63) is 0 Å². The second-order valence-corrected chi connectivity index (χ2v) is 22.2. The molecule has 1 fully saturated rings. The Balaban J connectivity index is 2.59. The zero-order valence-electron chi connectivity index (χ0n) is 46.9. The van der Waals surface area contributed by atoms with Gasteiger partial charge in [-0.3, -0.25) is 19.6 Å². The normalized spacial score (nSPS) is 15.9. The first-order valence-corrected chi connectivity index (χ1v) is 30.6. The molecular formula is C59H120F2N4O5. The zero-order chi connectivity index (χ0) is 51.2. The lowest BCUT2D eigenvalue weighted by Crippen LogP contribution is -2.53. The number of rotatable bonds is 54. The van der Waals surface area contributed by atoms with Gasteiger partial charge in [0.05, 0.1) is 50.7 Å². The van der Waals surface area contributed by atoms with Crippen LogP contribution in [0.2, 0.25) is 0 Å². The molecule has 1 aliphatic heterocycles. The highest BCUT2D eigenvalue weighted by Crippen LogP contribution is 2.22. The minimum atomic E-state index is -2.96. The molecule has 0 aliphatic carbocycles. The Bertz CT molecular complexity index is 1020. The van der Waals surface area contributed by atoms with Crippen LogP contribution in [-0.2, 0) is 4.74 Å². The maximum atomic E-state index is 15.9. The van der Waals surface area contributed by atoms with Crippen molar-refractivity contribution in [3.8, 4) is 0 Å². The molecular weight excluding hydrogens is 883 g/mol. The largest absolute Gasteiger partial charge is 0.392 e. The van der Waals surface area contributed by atoms with E-state index in [2.05, 4.69) is 37.5 Å². The van der Waals surface area contributed by atoms with Gasteiger partial charge in [-0.25, -0.2) is 8.78 Å². The second kappa shape index (κ2) is 48.2. The minimum Gasteiger partial charge on any atom is -0.392 e. The molecule has 1 rings (SSSR count). The number of unbranched alkanes of at least 4 members (excludes halogenated alkanes) is 28. The van der Waals surface area contributed by atoms with Crippen molar-refractivity contribution in [3.63, 3.8) is 0 Å². The maximum absolute atomic E-state index is 15.9. The SMILES string of the molecule is CCCCCCCCCCC(O)CN(CCOCCN1CCN(CC(F)(F)CN(CC(O)CCCCCCCCCC)CC(O)CCCCCCCCCC)CC1)CC(O)CCCCCCCCCC. The van der Waals surface area contributed by atoms with Crippen LogP contribution < -0.4 is 0 Å². The summed E-state index contributed by atoms with van der Waals surface area (Å²) >= 11 is 0. The fourth-order valence-electron chi connectivity index (χ4n) is 10.4. The van der Waals surface area contributed by atoms with Crippen LogP contribution in [0.3, 0.4) is 0 Å². The Kier molecular flexibility index (Phi) is 46.5. The van der Waals surface area contributed by atoms with E-state index in [4.69, 9.17) is 4.74 Å². The Morgan fingerprint density at radius 1 is 0.400 bits per heavy atom. The molecule has 9 nitrogen and oxygen atoms in total. The average molecular weight is 1000 g/mol. The van der Waals surface area contributed by atoms with Crippen molar-refractivity contribution in [1.29, 1.82) is 0 Å². The summed E-state index contributed by atoms with van der Waals surface area (Å²) in [6.45, 7) is 14.7. The molecule has 1 saturated heterocycles. The number of hydrogen-bond donors (Lipinski definition) is 4. The van der Waals surface area contributed by atoms with Crippen LogP contribution in [0.1, 0.15) is 259 Å². The number of piperazine rings is 1. The van der Waals surface area contributed by atoms with Gasteiger partial charge >= 0.3 is 0 Å². The van der Waals surface area contributed by atoms with E-state index in [1.54, 1.807) is 4.90 Å². The Labute approximate surface area is 433 Å². The number of alkyl halides is 2. The van der Waals surface area contributed by atoms with E-state index in [9.17, 15) is 20.4 Å². The van der Waals surface area contributed by atoms with Gasteiger partial charge in [0, 0.05) is 65.4 Å². The third-order valence-corrected chi connectivity index (χ3v) is 14.9. The number of halogens is 2. The van der Waals surface area contributed by atoms with Crippen LogP contribution in [0, 0.1) is 0 Å². The molecule has 0 radical (unpaired) electrons. The topological polar surface area (TPSA) is 103 Å². The summed E-state index contributed by atoms with van der Waals surface area (Å²) < 4.78 is 37.9. The number of aliphatic hydroxyl groups is 4. The summed E-state index contributed by atoms with van der Waals surface area (Å²) in [5, 5.41) is 44.0. The summed E-state index contributed by atoms with van der Waals surface area (Å²) in [5.41, 5.74) is 0. The standard InChI is InChI=1S/C59H120F2N4O5/c1-5-9-13-17-21-25-29-33-37-55(66)49-64(50-56(67)38-34-30-26-22-18-14-10-6-2)46-48-70-47-45-62-41-43-63(44-42-62)53-59(60,61)54-65(51-57(68)39-35-31-27-23-19-15-11-7-3)52-58(69)40-36-32-28-24-20-16-12-8-4/h55-58,66-69H,5-54H2,1-4H3. The molecule has 0 saturated carbocycles. The molecule has 0 aromatic rings. The summed E-state index contributed by atoms with van der Waals surface area (Å²) in [4.78, 5) is 8.01. The van der Waals surface area contributed by atoms with Gasteiger partial charge in [-0.2, -0.15) is 0 Å². The van der Waals surface area contributed by atoms with Crippen LogP contribution in [-0.4, -0.2) is 162 Å². The van der Waals surface area contributed by atoms with Gasteiger partial charge in [0.15, 0.2) is 0 Å². The quantitative estimate of drug-likeness (QED) is 0.0444. The lowest BCUT2D eigenvalue weighted by Gasteiger charge is -2.37. The predicted octanol–water partition coefficient (Wildman–Crippen LogP) is 13.4. The smallest absolute Gasteiger partial charge is 0.272 e. The van der Waals surface area contributed by atoms with Crippen molar-refractivity contribution >= 4 is 0 Å². The fraction of sp³-hybridized carbons (Fsp3) is 1.00. The Morgan fingerprint density at radius 2 is 0.686 bits per heavy atom. The van der Waals surface area contributed by atoms with Crippen molar-refractivity contribution in [2.24, 2.45) is 0 Å². The molecule has 70 heavy (non-hydrogen) atoms. The van der Waals surface area contributed by atoms with Crippen molar-refractivity contribution in [2.75, 3.05) is 91.8 Å². The third kappa shape index (κ3) is 42.8. The molecule has 420 valence electrons. The number of aliphatic hydroxyl groups excluding tert-OH is 4. The van der Waals surface area contributed by atoms with E-state index in [0.29, 0.717) is 71.9 Å². The molecule has 4 N–H and O–H groups in total. The van der Waals surface area contributed by atoms with E-state index in [-0.39, 0.29) is 19.6 Å². The van der Waals surface area contributed by atoms with Crippen LogP contribution in [0.5, 0.6) is 0 Å². The fourth-order valence-corrected chi connectivity index (χ4v) is 10.4.